The van der Waals surface area contributed by atoms with Crippen molar-refractivity contribution in [2.45, 2.75) is 69.0 Å². The third-order valence-corrected chi connectivity index (χ3v) is 8.10. The van der Waals surface area contributed by atoms with E-state index >= 15 is 0 Å². The van der Waals surface area contributed by atoms with Gasteiger partial charge in [-0.05, 0) is 43.9 Å². The van der Waals surface area contributed by atoms with Crippen LogP contribution in [0, 0.1) is 23.7 Å². The minimum absolute atomic E-state index is 0.0364. The number of piperidine rings is 2. The van der Waals surface area contributed by atoms with Crippen LogP contribution >= 0.6 is 0 Å². The average Bonchev–Trinajstić information content (AvgIpc) is 2.64. The van der Waals surface area contributed by atoms with Crippen molar-refractivity contribution in [1.82, 2.24) is 0 Å². The van der Waals surface area contributed by atoms with Gasteiger partial charge in [-0.15, -0.1) is 0 Å². The molecular weight excluding hydrogens is 318 g/mol. The van der Waals surface area contributed by atoms with Crippen LogP contribution in [0.5, 0.6) is 0 Å². The van der Waals surface area contributed by atoms with E-state index in [9.17, 15) is 5.11 Å². The highest BCUT2D eigenvalue weighted by Crippen LogP contribution is 2.43. The highest BCUT2D eigenvalue weighted by molar-refractivity contribution is 4.96. The summed E-state index contributed by atoms with van der Waals surface area (Å²) in [5, 5.41) is 10.4. The summed E-state index contributed by atoms with van der Waals surface area (Å²) in [5.41, 5.74) is 0. The number of fused-ring (bicyclic) bond motifs is 4. The van der Waals surface area contributed by atoms with E-state index in [0.717, 1.165) is 49.5 Å². The summed E-state index contributed by atoms with van der Waals surface area (Å²) >= 11 is 0. The molecule has 2 heterocycles. The average molecular weight is 355 g/mol. The zero-order valence-corrected chi connectivity index (χ0v) is 16.0. The quantitative estimate of drug-likeness (QED) is 0.775. The van der Waals surface area contributed by atoms with Gasteiger partial charge < -0.3 is 24.2 Å². The lowest BCUT2D eigenvalue weighted by molar-refractivity contribution is -0.947. The number of nitrogens with one attached hydrogen (secondary N) is 1. The van der Waals surface area contributed by atoms with Crippen LogP contribution in [-0.4, -0.2) is 70.0 Å². The maximum absolute atomic E-state index is 10.4. The third kappa shape index (κ3) is 3.27. The molecule has 2 saturated carbocycles. The van der Waals surface area contributed by atoms with Gasteiger partial charge in [0, 0.05) is 39.6 Å². The Morgan fingerprint density at radius 3 is 2.12 bits per heavy atom. The molecule has 25 heavy (non-hydrogen) atoms. The molecule has 0 aromatic carbocycles. The van der Waals surface area contributed by atoms with E-state index in [2.05, 4.69) is 0 Å². The molecule has 2 saturated heterocycles. The third-order valence-electron chi connectivity index (χ3n) is 8.10. The van der Waals surface area contributed by atoms with Crippen molar-refractivity contribution in [2.24, 2.45) is 23.7 Å². The summed E-state index contributed by atoms with van der Waals surface area (Å²) in [6, 6.07) is 0.752. The van der Waals surface area contributed by atoms with Crippen LogP contribution in [0.1, 0.15) is 38.5 Å². The van der Waals surface area contributed by atoms with Gasteiger partial charge in [0.1, 0.15) is 0 Å². The van der Waals surface area contributed by atoms with Gasteiger partial charge in [-0.3, -0.25) is 0 Å². The second-order valence-electron chi connectivity index (χ2n) is 9.02. The van der Waals surface area contributed by atoms with Crippen LogP contribution in [0.2, 0.25) is 0 Å². The minimum Gasteiger partial charge on any atom is -0.390 e. The maximum Gasteiger partial charge on any atom is 0.0909 e. The monoisotopic (exact) mass is 354 g/mol. The predicted molar refractivity (Wildman–Crippen MR) is 94.5 cm³/mol. The zero-order valence-electron chi connectivity index (χ0n) is 16.0. The first-order valence-corrected chi connectivity index (χ1v) is 10.3. The van der Waals surface area contributed by atoms with Gasteiger partial charge in [0.05, 0.1) is 43.5 Å². The predicted octanol–water partition coefficient (Wildman–Crippen LogP) is 0.506. The molecule has 2 aliphatic carbocycles. The number of methoxy groups -OCH3 is 3. The molecule has 5 heteroatoms. The maximum atomic E-state index is 10.4. The Labute approximate surface area is 152 Å². The van der Waals surface area contributed by atoms with E-state index in [1.54, 1.807) is 7.11 Å². The number of hydrogen-bond acceptors (Lipinski definition) is 4. The molecule has 0 aromatic heterocycles. The molecule has 144 valence electrons. The first-order chi connectivity index (χ1) is 12.1. The Morgan fingerprint density at radius 2 is 1.44 bits per heavy atom. The summed E-state index contributed by atoms with van der Waals surface area (Å²) in [6.07, 6.45) is 7.18. The van der Waals surface area contributed by atoms with E-state index in [4.69, 9.17) is 14.2 Å². The number of aliphatic hydroxyl groups excluding tert-OH is 1. The first-order valence-electron chi connectivity index (χ1n) is 10.3. The fourth-order valence-corrected chi connectivity index (χ4v) is 6.77. The van der Waals surface area contributed by atoms with Crippen molar-refractivity contribution < 1.29 is 24.2 Å². The summed E-state index contributed by atoms with van der Waals surface area (Å²) in [5.74, 6) is 2.97. The van der Waals surface area contributed by atoms with Crippen molar-refractivity contribution >= 4 is 0 Å². The van der Waals surface area contributed by atoms with Crippen LogP contribution in [0.3, 0.4) is 0 Å². The first kappa shape index (κ1) is 18.2. The zero-order chi connectivity index (χ0) is 17.6. The minimum atomic E-state index is -0.265. The largest absolute Gasteiger partial charge is 0.390 e. The second kappa shape index (κ2) is 7.43. The molecule has 10 unspecified atom stereocenters. The molecule has 0 aromatic rings. The van der Waals surface area contributed by atoms with E-state index in [1.807, 2.05) is 19.1 Å². The summed E-state index contributed by atoms with van der Waals surface area (Å²) in [7, 11) is 5.42. The lowest BCUT2D eigenvalue weighted by Gasteiger charge is -2.54. The molecule has 0 spiro atoms. The molecule has 0 radical (unpaired) electrons. The highest BCUT2D eigenvalue weighted by Gasteiger charge is 2.53. The van der Waals surface area contributed by atoms with Gasteiger partial charge in [-0.25, -0.2) is 0 Å². The fourth-order valence-electron chi connectivity index (χ4n) is 6.77. The van der Waals surface area contributed by atoms with Crippen molar-refractivity contribution in [2.75, 3.05) is 34.4 Å². The van der Waals surface area contributed by atoms with Crippen molar-refractivity contribution in [3.8, 4) is 0 Å². The Hall–Kier alpha value is -0.200. The Bertz CT molecular complexity index is 461. The summed E-state index contributed by atoms with van der Waals surface area (Å²) in [6.45, 7) is 2.58. The highest BCUT2D eigenvalue weighted by atomic mass is 16.5. The van der Waals surface area contributed by atoms with E-state index in [-0.39, 0.29) is 24.4 Å². The lowest BCUT2D eigenvalue weighted by Crippen LogP contribution is -3.19. The lowest BCUT2D eigenvalue weighted by atomic mass is 9.62. The Kier molecular flexibility index (Phi) is 5.40. The van der Waals surface area contributed by atoms with Gasteiger partial charge >= 0.3 is 0 Å². The molecule has 0 amide bonds. The Morgan fingerprint density at radius 1 is 0.760 bits per heavy atom. The van der Waals surface area contributed by atoms with Crippen LogP contribution in [0.25, 0.3) is 0 Å². The number of rotatable bonds is 3. The van der Waals surface area contributed by atoms with Crippen LogP contribution in [0.15, 0.2) is 0 Å². The van der Waals surface area contributed by atoms with Gasteiger partial charge in [0.15, 0.2) is 0 Å². The summed E-state index contributed by atoms with van der Waals surface area (Å²) in [4.78, 5) is 1.82. The summed E-state index contributed by atoms with van der Waals surface area (Å²) < 4.78 is 17.1. The molecule has 2 aliphatic heterocycles. The number of aliphatic hydroxyl groups is 1. The van der Waals surface area contributed by atoms with Gasteiger partial charge in [-0.2, -0.15) is 0 Å². The smallest absolute Gasteiger partial charge is 0.0909 e. The molecular formula is C20H36NO4+. The number of ether oxygens (including phenoxy) is 3. The molecule has 4 aliphatic rings. The molecule has 4 rings (SSSR count). The van der Waals surface area contributed by atoms with E-state index in [1.165, 1.54) is 25.9 Å². The van der Waals surface area contributed by atoms with Crippen LogP contribution < -0.4 is 4.90 Å². The van der Waals surface area contributed by atoms with Gasteiger partial charge in [0.25, 0.3) is 0 Å². The van der Waals surface area contributed by atoms with Crippen molar-refractivity contribution in [3.63, 3.8) is 0 Å². The number of hydrogen-bond donors (Lipinski definition) is 2. The van der Waals surface area contributed by atoms with E-state index < -0.39 is 0 Å². The standard InChI is InChI=1S/C20H35NO4/c1-23-18-10-15-12(7-17(18)22)4-5-21-11-14-9-20(25-3)19(24-2)8-13(14)6-16(15)21/h12-20,22H,4-11H2,1-3H3/p+1. The molecule has 10 atom stereocenters. The topological polar surface area (TPSA) is 52.4 Å². The Balaban J connectivity index is 1.48. The SMILES string of the molecule is COC1CC2C(CC[NH+]3CC4CC(OC)C(OC)CC4CC23)CC1O. The van der Waals surface area contributed by atoms with Crippen molar-refractivity contribution in [3.05, 3.63) is 0 Å². The molecule has 2 N–H and O–H groups in total. The molecule has 5 nitrogen and oxygen atoms in total. The van der Waals surface area contributed by atoms with Crippen molar-refractivity contribution in [1.29, 1.82) is 0 Å². The van der Waals surface area contributed by atoms with Gasteiger partial charge in [0.2, 0.25) is 0 Å². The van der Waals surface area contributed by atoms with Crippen LogP contribution in [-0.2, 0) is 14.2 Å². The van der Waals surface area contributed by atoms with E-state index in [0.29, 0.717) is 5.92 Å². The van der Waals surface area contributed by atoms with Gasteiger partial charge in [-0.1, -0.05) is 0 Å². The normalized spacial score (nSPS) is 52.8. The second-order valence-corrected chi connectivity index (χ2v) is 9.02. The number of quaternary nitrogens is 1. The van der Waals surface area contributed by atoms with Crippen LogP contribution in [0.4, 0.5) is 0 Å². The molecule has 4 fully saturated rings. The fraction of sp³-hybridized carbons (Fsp3) is 1.00. The molecule has 0 bridgehead atoms.